The lowest BCUT2D eigenvalue weighted by Crippen LogP contribution is -2.08. The molecule has 16 heavy (non-hydrogen) atoms. The zero-order valence-corrected chi connectivity index (χ0v) is 10.3. The fourth-order valence-corrected chi connectivity index (χ4v) is 1.52. The van der Waals surface area contributed by atoms with Gasteiger partial charge in [-0.1, -0.05) is 25.8 Å². The van der Waals surface area contributed by atoms with E-state index < -0.39 is 0 Å². The molecule has 0 bridgehead atoms. The van der Waals surface area contributed by atoms with Crippen molar-refractivity contribution in [1.29, 1.82) is 0 Å². The zero-order chi connectivity index (χ0) is 11.6. The molecule has 0 atom stereocenters. The zero-order valence-electron chi connectivity index (χ0n) is 10.3. The second kappa shape index (κ2) is 8.25. The third-order valence-corrected chi connectivity index (χ3v) is 2.36. The van der Waals surface area contributed by atoms with Crippen molar-refractivity contribution in [1.82, 2.24) is 10.3 Å². The maximum Gasteiger partial charge on any atom is 0.0887 e. The molecule has 0 saturated heterocycles. The van der Waals surface area contributed by atoms with Gasteiger partial charge in [0.25, 0.3) is 0 Å². The maximum atomic E-state index is 5.57. The van der Waals surface area contributed by atoms with Crippen molar-refractivity contribution in [2.45, 2.75) is 39.3 Å². The van der Waals surface area contributed by atoms with Gasteiger partial charge >= 0.3 is 0 Å². The molecule has 1 aromatic heterocycles. The van der Waals surface area contributed by atoms with Gasteiger partial charge in [-0.3, -0.25) is 4.98 Å². The average Bonchev–Trinajstić information content (AvgIpc) is 2.30. The summed E-state index contributed by atoms with van der Waals surface area (Å²) >= 11 is 0. The number of rotatable bonds is 8. The number of unbranched alkanes of at least 4 members (excludes halogenated alkanes) is 2. The van der Waals surface area contributed by atoms with E-state index in [1.54, 1.807) is 0 Å². The van der Waals surface area contributed by atoms with Crippen LogP contribution in [0.15, 0.2) is 18.2 Å². The largest absolute Gasteiger partial charge is 0.375 e. The minimum absolute atomic E-state index is 0.626. The molecule has 0 radical (unpaired) electrons. The molecule has 0 saturated carbocycles. The normalized spacial score (nSPS) is 10.6. The van der Waals surface area contributed by atoms with E-state index in [4.69, 9.17) is 4.74 Å². The Morgan fingerprint density at radius 2 is 2.06 bits per heavy atom. The third-order valence-electron chi connectivity index (χ3n) is 2.36. The summed E-state index contributed by atoms with van der Waals surface area (Å²) in [5.74, 6) is 0. The van der Waals surface area contributed by atoms with Gasteiger partial charge in [-0.15, -0.1) is 0 Å². The van der Waals surface area contributed by atoms with Crippen molar-refractivity contribution in [2.75, 3.05) is 13.7 Å². The number of nitrogens with one attached hydrogen (secondary N) is 1. The van der Waals surface area contributed by atoms with Gasteiger partial charge < -0.3 is 10.1 Å². The first-order valence-corrected chi connectivity index (χ1v) is 6.04. The SMILES string of the molecule is CCCCCOCc1cccc(CNC)n1. The third kappa shape index (κ3) is 5.24. The van der Waals surface area contributed by atoms with Crippen LogP contribution in [0.4, 0.5) is 0 Å². The van der Waals surface area contributed by atoms with Gasteiger partial charge in [-0.25, -0.2) is 0 Å². The number of hydrogen-bond acceptors (Lipinski definition) is 3. The Balaban J connectivity index is 2.27. The highest BCUT2D eigenvalue weighted by molar-refractivity contribution is 5.10. The van der Waals surface area contributed by atoms with Gasteiger partial charge in [-0.2, -0.15) is 0 Å². The van der Waals surface area contributed by atoms with Crippen LogP contribution in [-0.2, 0) is 17.9 Å². The van der Waals surface area contributed by atoms with E-state index in [2.05, 4.69) is 17.2 Å². The molecule has 0 aliphatic heterocycles. The molecule has 0 amide bonds. The summed E-state index contributed by atoms with van der Waals surface area (Å²) in [5, 5.41) is 3.09. The first-order valence-electron chi connectivity index (χ1n) is 6.04. The van der Waals surface area contributed by atoms with E-state index >= 15 is 0 Å². The Morgan fingerprint density at radius 3 is 2.81 bits per heavy atom. The summed E-state index contributed by atoms with van der Waals surface area (Å²) in [5.41, 5.74) is 2.08. The van der Waals surface area contributed by atoms with Crippen LogP contribution in [0.2, 0.25) is 0 Å². The van der Waals surface area contributed by atoms with Gasteiger partial charge in [0.05, 0.1) is 18.0 Å². The topological polar surface area (TPSA) is 34.1 Å². The number of ether oxygens (including phenoxy) is 1. The Kier molecular flexibility index (Phi) is 6.77. The highest BCUT2D eigenvalue weighted by Gasteiger charge is 1.97. The van der Waals surface area contributed by atoms with E-state index in [1.165, 1.54) is 12.8 Å². The Morgan fingerprint density at radius 1 is 1.25 bits per heavy atom. The second-order valence-corrected chi connectivity index (χ2v) is 3.91. The summed E-state index contributed by atoms with van der Waals surface area (Å²) in [6, 6.07) is 6.07. The Labute approximate surface area is 98.2 Å². The van der Waals surface area contributed by atoms with E-state index in [9.17, 15) is 0 Å². The maximum absolute atomic E-state index is 5.57. The molecular weight excluding hydrogens is 200 g/mol. The molecular formula is C13H22N2O. The van der Waals surface area contributed by atoms with Crippen molar-refractivity contribution < 1.29 is 4.74 Å². The quantitative estimate of drug-likeness (QED) is 0.686. The van der Waals surface area contributed by atoms with Crippen LogP contribution in [0.5, 0.6) is 0 Å². The minimum atomic E-state index is 0.626. The molecule has 3 heteroatoms. The first-order chi connectivity index (χ1) is 7.86. The molecule has 3 nitrogen and oxygen atoms in total. The predicted octanol–water partition coefficient (Wildman–Crippen LogP) is 2.51. The van der Waals surface area contributed by atoms with Crippen LogP contribution in [-0.4, -0.2) is 18.6 Å². The summed E-state index contributed by atoms with van der Waals surface area (Å²) in [4.78, 5) is 4.49. The fourth-order valence-electron chi connectivity index (χ4n) is 1.52. The summed E-state index contributed by atoms with van der Waals surface area (Å²) in [7, 11) is 1.93. The summed E-state index contributed by atoms with van der Waals surface area (Å²) in [6.45, 7) is 4.47. The highest BCUT2D eigenvalue weighted by atomic mass is 16.5. The lowest BCUT2D eigenvalue weighted by Gasteiger charge is -2.05. The smallest absolute Gasteiger partial charge is 0.0887 e. The molecule has 0 aromatic carbocycles. The summed E-state index contributed by atoms with van der Waals surface area (Å²) in [6.07, 6.45) is 3.62. The van der Waals surface area contributed by atoms with Crippen molar-refractivity contribution in [3.63, 3.8) is 0 Å². The molecule has 1 heterocycles. The van der Waals surface area contributed by atoms with E-state index in [1.807, 2.05) is 25.2 Å². The summed E-state index contributed by atoms with van der Waals surface area (Å²) < 4.78 is 5.57. The molecule has 0 unspecified atom stereocenters. The van der Waals surface area contributed by atoms with Crippen LogP contribution in [0, 0.1) is 0 Å². The fraction of sp³-hybridized carbons (Fsp3) is 0.615. The monoisotopic (exact) mass is 222 g/mol. The van der Waals surface area contributed by atoms with Crippen LogP contribution in [0.25, 0.3) is 0 Å². The van der Waals surface area contributed by atoms with Gasteiger partial charge in [0.15, 0.2) is 0 Å². The van der Waals surface area contributed by atoms with Crippen molar-refractivity contribution in [2.24, 2.45) is 0 Å². The average molecular weight is 222 g/mol. The van der Waals surface area contributed by atoms with E-state index in [0.717, 1.165) is 31.0 Å². The predicted molar refractivity (Wildman–Crippen MR) is 66.2 cm³/mol. The number of pyridine rings is 1. The Bertz CT molecular complexity index is 289. The van der Waals surface area contributed by atoms with Gasteiger partial charge in [0.2, 0.25) is 0 Å². The minimum Gasteiger partial charge on any atom is -0.375 e. The lowest BCUT2D eigenvalue weighted by atomic mass is 10.3. The van der Waals surface area contributed by atoms with Crippen LogP contribution >= 0.6 is 0 Å². The molecule has 0 aliphatic carbocycles. The first kappa shape index (κ1) is 13.1. The van der Waals surface area contributed by atoms with E-state index in [-0.39, 0.29) is 0 Å². The van der Waals surface area contributed by atoms with Gasteiger partial charge in [0, 0.05) is 13.2 Å². The molecule has 1 N–H and O–H groups in total. The van der Waals surface area contributed by atoms with Crippen LogP contribution in [0.1, 0.15) is 37.6 Å². The molecule has 1 aromatic rings. The molecule has 1 rings (SSSR count). The van der Waals surface area contributed by atoms with Crippen molar-refractivity contribution in [3.8, 4) is 0 Å². The van der Waals surface area contributed by atoms with Gasteiger partial charge in [-0.05, 0) is 25.6 Å². The highest BCUT2D eigenvalue weighted by Crippen LogP contribution is 2.02. The lowest BCUT2D eigenvalue weighted by molar-refractivity contribution is 0.114. The van der Waals surface area contributed by atoms with Gasteiger partial charge in [0.1, 0.15) is 0 Å². The van der Waals surface area contributed by atoms with Crippen LogP contribution in [0.3, 0.4) is 0 Å². The molecule has 0 aliphatic rings. The van der Waals surface area contributed by atoms with E-state index in [0.29, 0.717) is 6.61 Å². The second-order valence-electron chi connectivity index (χ2n) is 3.91. The molecule has 0 spiro atoms. The number of hydrogen-bond donors (Lipinski definition) is 1. The van der Waals surface area contributed by atoms with Crippen LogP contribution < -0.4 is 5.32 Å². The molecule has 90 valence electrons. The molecule has 0 fully saturated rings. The Hall–Kier alpha value is -0.930. The number of aromatic nitrogens is 1. The standard InChI is InChI=1S/C13H22N2O/c1-3-4-5-9-16-11-13-8-6-7-12(15-13)10-14-2/h6-8,14H,3-5,9-11H2,1-2H3. The van der Waals surface area contributed by atoms with Crippen molar-refractivity contribution in [3.05, 3.63) is 29.6 Å². The van der Waals surface area contributed by atoms with Crippen molar-refractivity contribution >= 4 is 0 Å². The number of nitrogens with zero attached hydrogens (tertiary/aromatic N) is 1.